The standard InChI is InChI=1S/C12H17N3O/c1-16-12-3-2-9(5-13-12)6-15-7-10-4-11(8-15)14-10/h2-3,5,10-11,14H,4,6-8H2,1H3. The van der Waals surface area contributed by atoms with Crippen LogP contribution in [0.1, 0.15) is 12.0 Å². The molecule has 4 heteroatoms. The monoisotopic (exact) mass is 219 g/mol. The minimum absolute atomic E-state index is 0.687. The molecule has 0 aliphatic carbocycles. The number of fused-ring (bicyclic) bond motifs is 2. The molecule has 0 aromatic carbocycles. The van der Waals surface area contributed by atoms with Crippen LogP contribution >= 0.6 is 0 Å². The van der Waals surface area contributed by atoms with Crippen LogP contribution in [-0.4, -0.2) is 42.2 Å². The van der Waals surface area contributed by atoms with Crippen molar-refractivity contribution in [2.45, 2.75) is 25.0 Å². The zero-order valence-electron chi connectivity index (χ0n) is 9.52. The van der Waals surface area contributed by atoms with E-state index in [1.54, 1.807) is 7.11 Å². The molecule has 4 nitrogen and oxygen atoms in total. The maximum Gasteiger partial charge on any atom is 0.212 e. The van der Waals surface area contributed by atoms with Crippen molar-refractivity contribution >= 4 is 0 Å². The van der Waals surface area contributed by atoms with Gasteiger partial charge in [-0.1, -0.05) is 6.07 Å². The minimum Gasteiger partial charge on any atom is -0.481 e. The Balaban J connectivity index is 1.60. The van der Waals surface area contributed by atoms with Crippen LogP contribution in [0.5, 0.6) is 5.88 Å². The summed E-state index contributed by atoms with van der Waals surface area (Å²) in [6.07, 6.45) is 3.27. The summed E-state index contributed by atoms with van der Waals surface area (Å²) in [5.41, 5.74) is 1.27. The van der Waals surface area contributed by atoms with Gasteiger partial charge in [0.05, 0.1) is 7.11 Å². The topological polar surface area (TPSA) is 37.4 Å². The molecule has 0 saturated carbocycles. The molecule has 0 radical (unpaired) electrons. The molecule has 2 bridgehead atoms. The van der Waals surface area contributed by atoms with Crippen molar-refractivity contribution in [3.63, 3.8) is 0 Å². The number of methoxy groups -OCH3 is 1. The Labute approximate surface area is 95.6 Å². The lowest BCUT2D eigenvalue weighted by atomic mass is 9.91. The van der Waals surface area contributed by atoms with Gasteiger partial charge in [0.15, 0.2) is 0 Å². The Bertz CT molecular complexity index is 349. The first-order valence-electron chi connectivity index (χ1n) is 5.81. The van der Waals surface area contributed by atoms with Crippen LogP contribution in [0, 0.1) is 0 Å². The maximum atomic E-state index is 5.05. The number of hydrogen-bond acceptors (Lipinski definition) is 4. The first-order chi connectivity index (χ1) is 7.83. The fraction of sp³-hybridized carbons (Fsp3) is 0.583. The summed E-state index contributed by atoms with van der Waals surface area (Å²) in [4.78, 5) is 6.73. The number of pyridine rings is 1. The molecule has 86 valence electrons. The van der Waals surface area contributed by atoms with E-state index in [4.69, 9.17) is 4.74 Å². The summed E-state index contributed by atoms with van der Waals surface area (Å²) in [5.74, 6) is 0.687. The number of ether oxygens (including phenoxy) is 1. The summed E-state index contributed by atoms with van der Waals surface area (Å²) in [6.45, 7) is 3.34. The van der Waals surface area contributed by atoms with E-state index in [-0.39, 0.29) is 0 Å². The average Bonchev–Trinajstić information content (AvgIpc) is 2.29. The predicted octanol–water partition coefficient (Wildman–Crippen LogP) is 0.636. The van der Waals surface area contributed by atoms with Crippen molar-refractivity contribution in [3.05, 3.63) is 23.9 Å². The fourth-order valence-electron chi connectivity index (χ4n) is 2.62. The molecule has 3 aliphatic rings. The van der Waals surface area contributed by atoms with Crippen molar-refractivity contribution in [1.82, 2.24) is 15.2 Å². The van der Waals surface area contributed by atoms with E-state index in [1.165, 1.54) is 25.1 Å². The van der Waals surface area contributed by atoms with E-state index >= 15 is 0 Å². The van der Waals surface area contributed by atoms with E-state index in [9.17, 15) is 0 Å². The largest absolute Gasteiger partial charge is 0.481 e. The van der Waals surface area contributed by atoms with E-state index < -0.39 is 0 Å². The second-order valence-corrected chi connectivity index (χ2v) is 4.70. The molecule has 2 atom stereocenters. The second-order valence-electron chi connectivity index (χ2n) is 4.70. The van der Waals surface area contributed by atoms with Gasteiger partial charge in [-0.25, -0.2) is 4.98 Å². The second kappa shape index (κ2) is 4.03. The van der Waals surface area contributed by atoms with Crippen molar-refractivity contribution in [1.29, 1.82) is 0 Å². The predicted molar refractivity (Wildman–Crippen MR) is 61.4 cm³/mol. The van der Waals surface area contributed by atoms with Gasteiger partial charge in [0.25, 0.3) is 0 Å². The molecule has 3 aliphatic heterocycles. The van der Waals surface area contributed by atoms with E-state index in [0.29, 0.717) is 5.88 Å². The van der Waals surface area contributed by atoms with Crippen molar-refractivity contribution < 1.29 is 4.74 Å². The third kappa shape index (κ3) is 1.90. The Kier molecular flexibility index (Phi) is 2.53. The van der Waals surface area contributed by atoms with Gasteiger partial charge in [0.1, 0.15) is 0 Å². The maximum absolute atomic E-state index is 5.05. The van der Waals surface area contributed by atoms with Crippen LogP contribution in [-0.2, 0) is 6.54 Å². The van der Waals surface area contributed by atoms with Gasteiger partial charge in [-0.15, -0.1) is 0 Å². The highest BCUT2D eigenvalue weighted by molar-refractivity contribution is 5.18. The van der Waals surface area contributed by atoms with E-state index in [0.717, 1.165) is 18.6 Å². The van der Waals surface area contributed by atoms with Gasteiger partial charge in [-0.05, 0) is 12.0 Å². The summed E-state index contributed by atoms with van der Waals surface area (Å²) in [6, 6.07) is 5.48. The molecular weight excluding hydrogens is 202 g/mol. The Hall–Kier alpha value is -1.13. The number of hydrogen-bond donors (Lipinski definition) is 1. The van der Waals surface area contributed by atoms with Crippen molar-refractivity contribution in [2.24, 2.45) is 0 Å². The smallest absolute Gasteiger partial charge is 0.212 e. The zero-order chi connectivity index (χ0) is 11.0. The molecule has 0 amide bonds. The highest BCUT2D eigenvalue weighted by Gasteiger charge is 2.35. The summed E-state index contributed by atoms with van der Waals surface area (Å²) in [7, 11) is 1.64. The number of piperidine rings is 1. The van der Waals surface area contributed by atoms with Gasteiger partial charge in [-0.2, -0.15) is 0 Å². The number of aromatic nitrogens is 1. The van der Waals surface area contributed by atoms with Crippen LogP contribution in [0.15, 0.2) is 18.3 Å². The van der Waals surface area contributed by atoms with Crippen LogP contribution in [0.3, 0.4) is 0 Å². The normalized spacial score (nSPS) is 28.6. The average molecular weight is 219 g/mol. The Morgan fingerprint density at radius 1 is 1.44 bits per heavy atom. The van der Waals surface area contributed by atoms with Gasteiger partial charge in [-0.3, -0.25) is 4.90 Å². The molecule has 3 saturated heterocycles. The zero-order valence-corrected chi connectivity index (χ0v) is 9.52. The number of rotatable bonds is 3. The lowest BCUT2D eigenvalue weighted by Gasteiger charge is -2.48. The molecule has 0 spiro atoms. The molecule has 4 heterocycles. The van der Waals surface area contributed by atoms with Crippen molar-refractivity contribution in [2.75, 3.05) is 20.2 Å². The summed E-state index contributed by atoms with van der Waals surface area (Å²) in [5, 5.41) is 3.54. The van der Waals surface area contributed by atoms with Gasteiger partial charge in [0, 0.05) is 44.0 Å². The van der Waals surface area contributed by atoms with Gasteiger partial charge >= 0.3 is 0 Å². The highest BCUT2D eigenvalue weighted by Crippen LogP contribution is 2.22. The molecule has 4 rings (SSSR count). The molecule has 1 aromatic rings. The lowest BCUT2D eigenvalue weighted by molar-refractivity contribution is 0.0725. The molecular formula is C12H17N3O. The summed E-state index contributed by atoms with van der Waals surface area (Å²) >= 11 is 0. The first kappa shape index (κ1) is 10.1. The first-order valence-corrected chi connectivity index (χ1v) is 5.81. The quantitative estimate of drug-likeness (QED) is 0.809. The van der Waals surface area contributed by atoms with Crippen LogP contribution in [0.2, 0.25) is 0 Å². The number of nitrogens with zero attached hydrogens (tertiary/aromatic N) is 2. The Morgan fingerprint density at radius 2 is 2.19 bits per heavy atom. The molecule has 1 aromatic heterocycles. The highest BCUT2D eigenvalue weighted by atomic mass is 16.5. The lowest BCUT2D eigenvalue weighted by Crippen LogP contribution is -2.66. The molecule has 2 unspecified atom stereocenters. The van der Waals surface area contributed by atoms with E-state index in [2.05, 4.69) is 21.3 Å². The third-order valence-electron chi connectivity index (χ3n) is 3.41. The SMILES string of the molecule is COc1ccc(CN2CC3CC(C2)N3)cn1. The van der Waals surface area contributed by atoms with Gasteiger partial charge < -0.3 is 10.1 Å². The summed E-state index contributed by atoms with van der Waals surface area (Å²) < 4.78 is 5.05. The van der Waals surface area contributed by atoms with Crippen LogP contribution < -0.4 is 10.1 Å². The number of piperazine rings is 1. The molecule has 1 N–H and O–H groups in total. The third-order valence-corrected chi connectivity index (χ3v) is 3.41. The van der Waals surface area contributed by atoms with Gasteiger partial charge in [0.2, 0.25) is 5.88 Å². The molecule has 3 fully saturated rings. The van der Waals surface area contributed by atoms with Crippen LogP contribution in [0.4, 0.5) is 0 Å². The van der Waals surface area contributed by atoms with E-state index in [1.807, 2.05) is 12.3 Å². The Morgan fingerprint density at radius 3 is 2.75 bits per heavy atom. The molecule has 16 heavy (non-hydrogen) atoms. The van der Waals surface area contributed by atoms with Crippen molar-refractivity contribution in [3.8, 4) is 5.88 Å². The van der Waals surface area contributed by atoms with Crippen LogP contribution in [0.25, 0.3) is 0 Å². The number of nitrogens with one attached hydrogen (secondary N) is 1. The fourth-order valence-corrected chi connectivity index (χ4v) is 2.62. The minimum atomic E-state index is 0.687.